The van der Waals surface area contributed by atoms with E-state index in [-0.39, 0.29) is 17.7 Å². The summed E-state index contributed by atoms with van der Waals surface area (Å²) >= 11 is 0. The van der Waals surface area contributed by atoms with Crippen molar-refractivity contribution in [1.29, 1.82) is 0 Å². The highest BCUT2D eigenvalue weighted by Gasteiger charge is 2.33. The number of allylic oxidation sites excluding steroid dienone is 3. The number of carbonyl (C=O) groups excluding carboxylic acids is 2. The Morgan fingerprint density at radius 2 is 2.00 bits per heavy atom. The van der Waals surface area contributed by atoms with Crippen LogP contribution in [0.25, 0.3) is 0 Å². The molecule has 5 nitrogen and oxygen atoms in total. The number of nitrogens with zero attached hydrogens (tertiary/aromatic N) is 1. The monoisotopic (exact) mass is 362 g/mol. The number of carbonyl (C=O) groups is 2. The topological polar surface area (TPSA) is 67.8 Å². The lowest BCUT2D eigenvalue weighted by atomic mass is 9.77. The van der Waals surface area contributed by atoms with E-state index in [9.17, 15) is 9.59 Å². The minimum atomic E-state index is -0.312. The number of rotatable bonds is 3. The van der Waals surface area contributed by atoms with Gasteiger partial charge in [0.2, 0.25) is 0 Å². The van der Waals surface area contributed by atoms with Crippen LogP contribution >= 0.6 is 0 Å². The molecule has 0 spiro atoms. The fraction of sp³-hybridized carbons (Fsp3) is 0.318. The van der Waals surface area contributed by atoms with E-state index < -0.39 is 0 Å². The SMILES string of the molecule is CCOc1ccc(C(=O)N=C2C=CC3C(=C2)NC(=O)C2=C3CCCC2)cc1. The van der Waals surface area contributed by atoms with E-state index >= 15 is 0 Å². The van der Waals surface area contributed by atoms with Crippen LogP contribution in [-0.4, -0.2) is 24.1 Å². The summed E-state index contributed by atoms with van der Waals surface area (Å²) < 4.78 is 5.39. The van der Waals surface area contributed by atoms with Gasteiger partial charge in [-0.2, -0.15) is 0 Å². The molecule has 1 aliphatic heterocycles. The van der Waals surface area contributed by atoms with Gasteiger partial charge in [-0.25, -0.2) is 4.99 Å². The number of nitrogens with one attached hydrogen (secondary N) is 1. The molecular formula is C22H22N2O3. The second-order valence-corrected chi connectivity index (χ2v) is 6.90. The first-order chi connectivity index (χ1) is 13.2. The molecule has 2 aliphatic carbocycles. The van der Waals surface area contributed by atoms with E-state index in [1.54, 1.807) is 24.3 Å². The predicted molar refractivity (Wildman–Crippen MR) is 104 cm³/mol. The molecule has 0 saturated carbocycles. The van der Waals surface area contributed by atoms with Gasteiger partial charge in [0.1, 0.15) is 5.75 Å². The summed E-state index contributed by atoms with van der Waals surface area (Å²) in [6.07, 6.45) is 9.75. The maximum absolute atomic E-state index is 12.4. The molecule has 0 aromatic heterocycles. The van der Waals surface area contributed by atoms with E-state index in [2.05, 4.69) is 10.3 Å². The van der Waals surface area contributed by atoms with Crippen LogP contribution in [0.1, 0.15) is 43.0 Å². The smallest absolute Gasteiger partial charge is 0.277 e. The van der Waals surface area contributed by atoms with Crippen LogP contribution < -0.4 is 10.1 Å². The van der Waals surface area contributed by atoms with Crippen molar-refractivity contribution in [3.05, 3.63) is 64.9 Å². The van der Waals surface area contributed by atoms with E-state index in [1.165, 1.54) is 5.57 Å². The molecule has 0 radical (unpaired) electrons. The van der Waals surface area contributed by atoms with Crippen molar-refractivity contribution in [2.24, 2.45) is 10.9 Å². The van der Waals surface area contributed by atoms with E-state index in [0.29, 0.717) is 17.9 Å². The van der Waals surface area contributed by atoms with Gasteiger partial charge in [0.25, 0.3) is 11.8 Å². The number of benzene rings is 1. The highest BCUT2D eigenvalue weighted by Crippen LogP contribution is 2.38. The van der Waals surface area contributed by atoms with Crippen LogP contribution in [0.15, 0.2) is 64.3 Å². The van der Waals surface area contributed by atoms with Crippen LogP contribution in [0.3, 0.4) is 0 Å². The average molecular weight is 362 g/mol. The first kappa shape index (κ1) is 17.5. The summed E-state index contributed by atoms with van der Waals surface area (Å²) in [6, 6.07) is 6.95. The van der Waals surface area contributed by atoms with Gasteiger partial charge in [0.05, 0.1) is 12.3 Å². The number of aliphatic imine (C=N–C) groups is 1. The van der Waals surface area contributed by atoms with Crippen molar-refractivity contribution in [1.82, 2.24) is 5.32 Å². The van der Waals surface area contributed by atoms with Gasteiger partial charge in [-0.1, -0.05) is 6.08 Å². The number of fused-ring (bicyclic) bond motifs is 2. The molecule has 0 fully saturated rings. The standard InChI is InChI=1S/C22H22N2O3/c1-2-27-16-10-7-14(8-11-16)21(25)23-15-9-12-18-17-5-3-4-6-19(17)22(26)24-20(18)13-15/h7-13,18H,2-6H2,1H3,(H,24,26). The summed E-state index contributed by atoms with van der Waals surface area (Å²) in [4.78, 5) is 29.0. The molecule has 1 unspecified atom stereocenters. The number of hydrogen-bond donors (Lipinski definition) is 1. The maximum atomic E-state index is 12.4. The summed E-state index contributed by atoms with van der Waals surface area (Å²) in [5, 5.41) is 2.99. The van der Waals surface area contributed by atoms with E-state index in [1.807, 2.05) is 25.2 Å². The molecule has 1 aromatic carbocycles. The van der Waals surface area contributed by atoms with Gasteiger partial charge < -0.3 is 10.1 Å². The van der Waals surface area contributed by atoms with Crippen LogP contribution in [0.5, 0.6) is 5.75 Å². The average Bonchev–Trinajstić information content (AvgIpc) is 2.69. The second kappa shape index (κ2) is 7.35. The van der Waals surface area contributed by atoms with Crippen molar-refractivity contribution in [2.75, 3.05) is 6.61 Å². The lowest BCUT2D eigenvalue weighted by molar-refractivity contribution is -0.117. The molecule has 1 heterocycles. The molecule has 1 N–H and O–H groups in total. The third-order valence-corrected chi connectivity index (χ3v) is 5.16. The van der Waals surface area contributed by atoms with Crippen LogP contribution in [0.2, 0.25) is 0 Å². The Balaban J connectivity index is 1.55. The lowest BCUT2D eigenvalue weighted by Crippen LogP contribution is -2.37. The van der Waals surface area contributed by atoms with Crippen molar-refractivity contribution in [3.8, 4) is 5.75 Å². The fourth-order valence-electron chi connectivity index (χ4n) is 3.86. The van der Waals surface area contributed by atoms with Crippen LogP contribution in [0.4, 0.5) is 0 Å². The largest absolute Gasteiger partial charge is 0.494 e. The van der Waals surface area contributed by atoms with Crippen molar-refractivity contribution >= 4 is 17.5 Å². The zero-order valence-electron chi connectivity index (χ0n) is 15.3. The normalized spacial score (nSPS) is 22.7. The van der Waals surface area contributed by atoms with Gasteiger partial charge >= 0.3 is 0 Å². The van der Waals surface area contributed by atoms with Gasteiger partial charge in [0.15, 0.2) is 0 Å². The van der Waals surface area contributed by atoms with Crippen molar-refractivity contribution in [2.45, 2.75) is 32.6 Å². The number of amides is 2. The Morgan fingerprint density at radius 3 is 2.78 bits per heavy atom. The molecule has 3 aliphatic rings. The summed E-state index contributed by atoms with van der Waals surface area (Å²) in [5.74, 6) is 0.524. The highest BCUT2D eigenvalue weighted by atomic mass is 16.5. The molecule has 5 heteroatoms. The van der Waals surface area contributed by atoms with Gasteiger partial charge in [-0.3, -0.25) is 9.59 Å². The Morgan fingerprint density at radius 1 is 1.22 bits per heavy atom. The van der Waals surface area contributed by atoms with Gasteiger partial charge in [-0.05, 0) is 74.6 Å². The zero-order chi connectivity index (χ0) is 18.8. The minimum Gasteiger partial charge on any atom is -0.494 e. The molecule has 1 aromatic rings. The molecule has 4 rings (SSSR count). The Bertz CT molecular complexity index is 904. The number of hydrogen-bond acceptors (Lipinski definition) is 3. The Labute approximate surface area is 158 Å². The van der Waals surface area contributed by atoms with E-state index in [0.717, 1.165) is 42.7 Å². The van der Waals surface area contributed by atoms with Crippen LogP contribution in [-0.2, 0) is 4.79 Å². The summed E-state index contributed by atoms with van der Waals surface area (Å²) in [6.45, 7) is 2.50. The Hall–Kier alpha value is -2.95. The van der Waals surface area contributed by atoms with Crippen molar-refractivity contribution in [3.63, 3.8) is 0 Å². The minimum absolute atomic E-state index is 0.000288. The maximum Gasteiger partial charge on any atom is 0.277 e. The molecule has 2 amide bonds. The molecule has 0 saturated heterocycles. The fourth-order valence-corrected chi connectivity index (χ4v) is 3.86. The molecule has 27 heavy (non-hydrogen) atoms. The second-order valence-electron chi connectivity index (χ2n) is 6.90. The van der Waals surface area contributed by atoms with Crippen molar-refractivity contribution < 1.29 is 14.3 Å². The van der Waals surface area contributed by atoms with Gasteiger partial charge in [-0.15, -0.1) is 0 Å². The first-order valence-electron chi connectivity index (χ1n) is 9.44. The molecular weight excluding hydrogens is 340 g/mol. The first-order valence-corrected chi connectivity index (χ1v) is 9.44. The molecule has 0 bridgehead atoms. The molecule has 138 valence electrons. The van der Waals surface area contributed by atoms with E-state index in [4.69, 9.17) is 4.74 Å². The third kappa shape index (κ3) is 3.50. The lowest BCUT2D eigenvalue weighted by Gasteiger charge is -2.33. The van der Waals surface area contributed by atoms with Gasteiger partial charge in [0, 0.05) is 22.8 Å². The zero-order valence-corrected chi connectivity index (χ0v) is 15.3. The Kier molecular flexibility index (Phi) is 4.75. The number of ether oxygens (including phenoxy) is 1. The third-order valence-electron chi connectivity index (χ3n) is 5.16. The quantitative estimate of drug-likeness (QED) is 0.891. The summed E-state index contributed by atoms with van der Waals surface area (Å²) in [7, 11) is 0. The summed E-state index contributed by atoms with van der Waals surface area (Å²) in [5.41, 5.74) is 4.05. The predicted octanol–water partition coefficient (Wildman–Crippen LogP) is 3.74. The van der Waals surface area contributed by atoms with Crippen LogP contribution in [0, 0.1) is 5.92 Å². The highest BCUT2D eigenvalue weighted by molar-refractivity contribution is 6.14. The molecule has 1 atom stereocenters.